The van der Waals surface area contributed by atoms with E-state index in [2.05, 4.69) is 20.9 Å². The molecule has 0 saturated carbocycles. The second kappa shape index (κ2) is 6.29. The van der Waals surface area contributed by atoms with Crippen molar-refractivity contribution in [2.75, 3.05) is 19.7 Å². The molecule has 18 heavy (non-hydrogen) atoms. The molecule has 0 radical (unpaired) electrons. The zero-order valence-corrected chi connectivity index (χ0v) is 12.0. The summed E-state index contributed by atoms with van der Waals surface area (Å²) in [4.78, 5) is 18.2. The first-order valence-corrected chi connectivity index (χ1v) is 7.02. The number of aromatic nitrogens is 1. The van der Waals surface area contributed by atoms with Gasteiger partial charge in [0.1, 0.15) is 5.69 Å². The van der Waals surface area contributed by atoms with E-state index >= 15 is 0 Å². The Balaban J connectivity index is 1.93. The highest BCUT2D eigenvalue weighted by Gasteiger charge is 2.24. The first-order chi connectivity index (χ1) is 8.70. The van der Waals surface area contributed by atoms with Gasteiger partial charge in [-0.25, -0.2) is 4.98 Å². The molecule has 0 atom stereocenters. The van der Waals surface area contributed by atoms with E-state index in [1.807, 2.05) is 17.9 Å². The molecule has 1 amide bonds. The van der Waals surface area contributed by atoms with Crippen molar-refractivity contribution in [2.45, 2.75) is 25.9 Å². The van der Waals surface area contributed by atoms with Gasteiger partial charge in [-0.15, -0.1) is 0 Å². The summed E-state index contributed by atoms with van der Waals surface area (Å²) in [7, 11) is 0. The molecule has 0 bridgehead atoms. The van der Waals surface area contributed by atoms with Crippen LogP contribution >= 0.6 is 15.9 Å². The number of pyridine rings is 1. The SMILES string of the molecule is CCOC1CCN(C(=O)c2ccc(Br)cn2)CC1. The third-order valence-corrected chi connectivity index (χ3v) is 3.55. The molecule has 2 heterocycles. The predicted molar refractivity (Wildman–Crippen MR) is 72.5 cm³/mol. The van der Waals surface area contributed by atoms with Gasteiger partial charge < -0.3 is 9.64 Å². The van der Waals surface area contributed by atoms with Gasteiger partial charge in [-0.1, -0.05) is 0 Å². The highest BCUT2D eigenvalue weighted by Crippen LogP contribution is 2.16. The Morgan fingerprint density at radius 3 is 2.78 bits per heavy atom. The Labute approximate surface area is 115 Å². The molecule has 2 rings (SSSR count). The largest absolute Gasteiger partial charge is 0.378 e. The number of halogens is 1. The summed E-state index contributed by atoms with van der Waals surface area (Å²) in [5.74, 6) is 0.0115. The highest BCUT2D eigenvalue weighted by molar-refractivity contribution is 9.10. The van der Waals surface area contributed by atoms with Gasteiger partial charge in [0, 0.05) is 30.4 Å². The fourth-order valence-electron chi connectivity index (χ4n) is 2.13. The topological polar surface area (TPSA) is 42.4 Å². The fourth-order valence-corrected chi connectivity index (χ4v) is 2.36. The van der Waals surface area contributed by atoms with Crippen molar-refractivity contribution in [1.29, 1.82) is 0 Å². The second-order valence-corrected chi connectivity index (χ2v) is 5.22. The number of amides is 1. The van der Waals surface area contributed by atoms with Crippen molar-refractivity contribution in [2.24, 2.45) is 0 Å². The summed E-state index contributed by atoms with van der Waals surface area (Å²) >= 11 is 3.31. The Morgan fingerprint density at radius 1 is 1.50 bits per heavy atom. The van der Waals surface area contributed by atoms with E-state index in [9.17, 15) is 4.79 Å². The Kier molecular flexibility index (Phi) is 4.72. The maximum Gasteiger partial charge on any atom is 0.272 e. The summed E-state index contributed by atoms with van der Waals surface area (Å²) < 4.78 is 6.46. The first kappa shape index (κ1) is 13.5. The van der Waals surface area contributed by atoms with Crippen molar-refractivity contribution in [3.63, 3.8) is 0 Å². The minimum absolute atomic E-state index is 0.0115. The molecular formula is C13H17BrN2O2. The van der Waals surface area contributed by atoms with Crippen molar-refractivity contribution in [1.82, 2.24) is 9.88 Å². The number of rotatable bonds is 3. The third-order valence-electron chi connectivity index (χ3n) is 3.08. The quantitative estimate of drug-likeness (QED) is 0.861. The molecule has 1 aromatic rings. The van der Waals surface area contributed by atoms with Crippen LogP contribution in [0.4, 0.5) is 0 Å². The molecular weight excluding hydrogens is 296 g/mol. The van der Waals surface area contributed by atoms with Crippen LogP contribution in [0.1, 0.15) is 30.3 Å². The van der Waals surface area contributed by atoms with Gasteiger partial charge in [0.25, 0.3) is 5.91 Å². The molecule has 0 aromatic carbocycles. The van der Waals surface area contributed by atoms with Crippen molar-refractivity contribution >= 4 is 21.8 Å². The fraction of sp³-hybridized carbons (Fsp3) is 0.538. The van der Waals surface area contributed by atoms with Crippen LogP contribution in [0.15, 0.2) is 22.8 Å². The molecule has 4 nitrogen and oxygen atoms in total. The van der Waals surface area contributed by atoms with Crippen LogP contribution in [0.2, 0.25) is 0 Å². The van der Waals surface area contributed by atoms with Crippen LogP contribution < -0.4 is 0 Å². The Hall–Kier alpha value is -0.940. The Morgan fingerprint density at radius 2 is 2.22 bits per heavy atom. The Bertz CT molecular complexity index is 400. The number of nitrogens with zero attached hydrogens (tertiary/aromatic N) is 2. The standard InChI is InChI=1S/C13H17BrN2O2/c1-2-18-11-5-7-16(8-6-11)13(17)12-4-3-10(14)9-15-12/h3-4,9,11H,2,5-8H2,1H3. The molecule has 1 aliphatic heterocycles. The maximum absolute atomic E-state index is 12.2. The number of hydrogen-bond acceptors (Lipinski definition) is 3. The lowest BCUT2D eigenvalue weighted by atomic mass is 10.1. The van der Waals surface area contributed by atoms with Crippen LogP contribution in [0.3, 0.4) is 0 Å². The average molecular weight is 313 g/mol. The minimum Gasteiger partial charge on any atom is -0.378 e. The van der Waals surface area contributed by atoms with Crippen LogP contribution in [-0.2, 0) is 4.74 Å². The highest BCUT2D eigenvalue weighted by atomic mass is 79.9. The summed E-state index contributed by atoms with van der Waals surface area (Å²) in [5, 5.41) is 0. The smallest absolute Gasteiger partial charge is 0.272 e. The first-order valence-electron chi connectivity index (χ1n) is 6.23. The van der Waals surface area contributed by atoms with Gasteiger partial charge in [-0.2, -0.15) is 0 Å². The zero-order valence-electron chi connectivity index (χ0n) is 10.4. The maximum atomic E-state index is 12.2. The summed E-state index contributed by atoms with van der Waals surface area (Å²) in [6.07, 6.45) is 3.78. The third kappa shape index (κ3) is 3.29. The number of carbonyl (C=O) groups is 1. The molecule has 1 aromatic heterocycles. The molecule has 98 valence electrons. The number of piperidine rings is 1. The molecule has 1 fully saturated rings. The monoisotopic (exact) mass is 312 g/mol. The van der Waals surface area contributed by atoms with E-state index < -0.39 is 0 Å². The lowest BCUT2D eigenvalue weighted by Gasteiger charge is -2.31. The lowest BCUT2D eigenvalue weighted by molar-refractivity contribution is 0.0144. The average Bonchev–Trinajstić information content (AvgIpc) is 2.40. The lowest BCUT2D eigenvalue weighted by Crippen LogP contribution is -2.41. The second-order valence-electron chi connectivity index (χ2n) is 4.31. The number of likely N-dealkylation sites (tertiary alicyclic amines) is 1. The molecule has 0 N–H and O–H groups in total. The molecule has 1 aliphatic rings. The van der Waals surface area contributed by atoms with E-state index in [4.69, 9.17) is 4.74 Å². The van der Waals surface area contributed by atoms with E-state index in [-0.39, 0.29) is 5.91 Å². The summed E-state index contributed by atoms with van der Waals surface area (Å²) in [5.41, 5.74) is 0.507. The van der Waals surface area contributed by atoms with Gasteiger partial charge in [0.15, 0.2) is 0 Å². The number of carbonyl (C=O) groups excluding carboxylic acids is 1. The number of ether oxygens (including phenoxy) is 1. The van der Waals surface area contributed by atoms with E-state index in [1.165, 1.54) is 0 Å². The van der Waals surface area contributed by atoms with Crippen molar-refractivity contribution in [3.05, 3.63) is 28.5 Å². The molecule has 5 heteroatoms. The molecule has 1 saturated heterocycles. The van der Waals surface area contributed by atoms with Gasteiger partial charge >= 0.3 is 0 Å². The van der Waals surface area contributed by atoms with Crippen molar-refractivity contribution < 1.29 is 9.53 Å². The summed E-state index contributed by atoms with van der Waals surface area (Å²) in [6.45, 7) is 4.25. The van der Waals surface area contributed by atoms with Crippen LogP contribution in [-0.4, -0.2) is 41.6 Å². The molecule has 0 spiro atoms. The van der Waals surface area contributed by atoms with Crippen LogP contribution in [0.25, 0.3) is 0 Å². The van der Waals surface area contributed by atoms with Gasteiger partial charge in [0.05, 0.1) is 6.10 Å². The van der Waals surface area contributed by atoms with E-state index in [0.29, 0.717) is 11.8 Å². The molecule has 0 aliphatic carbocycles. The zero-order chi connectivity index (χ0) is 13.0. The van der Waals surface area contributed by atoms with E-state index in [1.54, 1.807) is 12.3 Å². The van der Waals surface area contributed by atoms with Crippen LogP contribution in [0, 0.1) is 0 Å². The predicted octanol–water partition coefficient (Wildman–Crippen LogP) is 2.49. The van der Waals surface area contributed by atoms with Gasteiger partial charge in [0.2, 0.25) is 0 Å². The minimum atomic E-state index is 0.0115. The van der Waals surface area contributed by atoms with Gasteiger partial charge in [-0.05, 0) is 47.8 Å². The number of hydrogen-bond donors (Lipinski definition) is 0. The van der Waals surface area contributed by atoms with Crippen LogP contribution in [0.5, 0.6) is 0 Å². The molecule has 0 unspecified atom stereocenters. The van der Waals surface area contributed by atoms with Crippen molar-refractivity contribution in [3.8, 4) is 0 Å². The van der Waals surface area contributed by atoms with E-state index in [0.717, 1.165) is 37.0 Å². The van der Waals surface area contributed by atoms with Gasteiger partial charge in [-0.3, -0.25) is 4.79 Å². The normalized spacial score (nSPS) is 16.9. The summed E-state index contributed by atoms with van der Waals surface area (Å²) in [6, 6.07) is 3.59.